The monoisotopic (exact) mass is 531 g/mol. The van der Waals surface area contributed by atoms with E-state index in [1.165, 1.54) is 23.8 Å². The summed E-state index contributed by atoms with van der Waals surface area (Å²) in [6.07, 6.45) is -0.935. The number of likely N-dealkylation sites (tertiary alicyclic amines) is 1. The van der Waals surface area contributed by atoms with Gasteiger partial charge in [-0.25, -0.2) is 22.5 Å². The first-order valence-electron chi connectivity index (χ1n) is 11.1. The van der Waals surface area contributed by atoms with E-state index in [-0.39, 0.29) is 46.4 Å². The van der Waals surface area contributed by atoms with Gasteiger partial charge in [0.2, 0.25) is 11.7 Å². The fraction of sp³-hybridized carbons (Fsp3) is 0.280. The molecule has 2 aromatic heterocycles. The average Bonchev–Trinajstić information content (AvgIpc) is 3.54. The van der Waals surface area contributed by atoms with Crippen LogP contribution in [0.4, 0.5) is 23.4 Å². The van der Waals surface area contributed by atoms with Gasteiger partial charge in [-0.1, -0.05) is 12.5 Å². The first-order valence-corrected chi connectivity index (χ1v) is 11.1. The van der Waals surface area contributed by atoms with Crippen molar-refractivity contribution < 1.29 is 36.6 Å². The summed E-state index contributed by atoms with van der Waals surface area (Å²) in [6.45, 7) is 3.90. The van der Waals surface area contributed by atoms with Crippen LogP contribution in [0, 0.1) is 23.5 Å². The van der Waals surface area contributed by atoms with Crippen LogP contribution < -0.4 is 15.2 Å². The average molecular weight is 531 g/mol. The van der Waals surface area contributed by atoms with Crippen LogP contribution >= 0.6 is 0 Å². The summed E-state index contributed by atoms with van der Waals surface area (Å²) in [5.41, 5.74) is 4.64. The molecule has 0 radical (unpaired) electrons. The minimum Gasteiger partial charge on any atom is -0.493 e. The summed E-state index contributed by atoms with van der Waals surface area (Å²) in [5, 5.41) is 4.32. The van der Waals surface area contributed by atoms with Crippen LogP contribution in [0.2, 0.25) is 0 Å². The van der Waals surface area contributed by atoms with Crippen LogP contribution in [0.5, 0.6) is 11.5 Å². The zero-order chi connectivity index (χ0) is 27.7. The summed E-state index contributed by atoms with van der Waals surface area (Å²) < 4.78 is 67.7. The van der Waals surface area contributed by atoms with E-state index >= 15 is 0 Å². The number of nitrogens with zero attached hydrogens (tertiary/aromatic N) is 4. The number of halogens is 4. The van der Waals surface area contributed by atoms with Crippen molar-refractivity contribution in [1.82, 2.24) is 19.7 Å². The second-order valence-corrected chi connectivity index (χ2v) is 8.20. The number of nitrogens with two attached hydrogens (primary N) is 1. The molecule has 1 aliphatic heterocycles. The molecule has 1 saturated heterocycles. The zero-order valence-electron chi connectivity index (χ0n) is 20.2. The highest BCUT2D eigenvalue weighted by Gasteiger charge is 2.32. The number of carbonyl (C=O) groups is 2. The Morgan fingerprint density at radius 2 is 1.87 bits per heavy atom. The third kappa shape index (κ3) is 4.49. The number of nitrogen functional groups attached to an aromatic ring is 1. The van der Waals surface area contributed by atoms with Gasteiger partial charge in [-0.05, 0) is 18.4 Å². The second-order valence-electron chi connectivity index (χ2n) is 8.20. The number of benzene rings is 1. The number of hydrogen-bond donors (Lipinski definition) is 1. The lowest BCUT2D eigenvalue weighted by atomic mass is 10.1. The number of hydrogen-bond acceptors (Lipinski definition) is 7. The number of Topliss-reactive ketones (excluding diaryl/α,β-unsaturated/α-hetero) is 1. The van der Waals surface area contributed by atoms with Crippen molar-refractivity contribution in [3.8, 4) is 23.3 Å². The second kappa shape index (κ2) is 10.4. The lowest BCUT2D eigenvalue weighted by Gasteiger charge is -2.16. The molecule has 13 heteroatoms. The third-order valence-corrected chi connectivity index (χ3v) is 6.09. The number of methoxy groups -OCH3 is 2. The molecule has 1 fully saturated rings. The van der Waals surface area contributed by atoms with E-state index in [1.807, 2.05) is 0 Å². The molecule has 1 amide bonds. The predicted octanol–water partition coefficient (Wildman–Crippen LogP) is 3.12. The minimum atomic E-state index is -3.35. The highest BCUT2D eigenvalue weighted by molar-refractivity contribution is 6.11. The number of fused-ring (bicyclic) bond motifs is 1. The maximum Gasteiger partial charge on any atom is 0.300 e. The Labute approximate surface area is 213 Å². The number of anilines is 1. The molecule has 198 valence electrons. The largest absolute Gasteiger partial charge is 0.493 e. The molecule has 38 heavy (non-hydrogen) atoms. The van der Waals surface area contributed by atoms with Gasteiger partial charge in [0, 0.05) is 25.4 Å². The molecule has 0 unspecified atom stereocenters. The van der Waals surface area contributed by atoms with Crippen molar-refractivity contribution in [2.75, 3.05) is 33.0 Å². The molecular formula is C25H21F4N5O4. The number of amides is 1. The zero-order valence-corrected chi connectivity index (χ0v) is 20.2. The summed E-state index contributed by atoms with van der Waals surface area (Å²) in [7, 11) is 2.36. The van der Waals surface area contributed by atoms with Crippen LogP contribution in [-0.2, 0) is 4.79 Å². The van der Waals surface area contributed by atoms with Crippen molar-refractivity contribution in [2.45, 2.75) is 18.9 Å². The Hall–Kier alpha value is -4.60. The Kier molecular flexibility index (Phi) is 7.25. The smallest absolute Gasteiger partial charge is 0.300 e. The molecule has 0 bridgehead atoms. The lowest BCUT2D eigenvalue weighted by Crippen LogP contribution is -2.27. The molecule has 3 aromatic rings. The first kappa shape index (κ1) is 26.5. The number of ether oxygens (including phenoxy) is 2. The maximum atomic E-state index is 14.8. The molecule has 0 saturated carbocycles. The Morgan fingerprint density at radius 3 is 2.45 bits per heavy atom. The van der Waals surface area contributed by atoms with Gasteiger partial charge >= 0.3 is 6.43 Å². The third-order valence-electron chi connectivity index (χ3n) is 6.09. The van der Waals surface area contributed by atoms with Gasteiger partial charge in [0.25, 0.3) is 0 Å². The SMILES string of the molecule is C=CC(=O)N1CC[C@H](n2nc(C#Cc3c(F)c(OC)cc(OC)c3F)c3c(N)ncc(C(=O)C(F)F)c32)C1. The highest BCUT2D eigenvalue weighted by atomic mass is 19.3. The predicted molar refractivity (Wildman–Crippen MR) is 128 cm³/mol. The molecule has 3 heterocycles. The number of alkyl halides is 2. The van der Waals surface area contributed by atoms with E-state index in [4.69, 9.17) is 15.2 Å². The van der Waals surface area contributed by atoms with Crippen LogP contribution in [0.3, 0.4) is 0 Å². The van der Waals surface area contributed by atoms with Crippen LogP contribution in [0.1, 0.15) is 34.1 Å². The van der Waals surface area contributed by atoms with E-state index in [1.54, 1.807) is 0 Å². The molecule has 9 nitrogen and oxygen atoms in total. The normalized spacial score (nSPS) is 14.9. The summed E-state index contributed by atoms with van der Waals surface area (Å²) >= 11 is 0. The van der Waals surface area contributed by atoms with Crippen molar-refractivity contribution in [3.63, 3.8) is 0 Å². The van der Waals surface area contributed by atoms with Gasteiger partial charge in [-0.3, -0.25) is 14.3 Å². The molecule has 1 aromatic carbocycles. The van der Waals surface area contributed by atoms with Crippen molar-refractivity contribution in [1.29, 1.82) is 0 Å². The number of pyridine rings is 1. The van der Waals surface area contributed by atoms with E-state index in [0.717, 1.165) is 18.3 Å². The van der Waals surface area contributed by atoms with Gasteiger partial charge in [0.05, 0.1) is 36.7 Å². The van der Waals surface area contributed by atoms with Gasteiger partial charge < -0.3 is 20.1 Å². The van der Waals surface area contributed by atoms with Crippen molar-refractivity contribution >= 4 is 28.4 Å². The highest BCUT2D eigenvalue weighted by Crippen LogP contribution is 2.34. The van der Waals surface area contributed by atoms with Gasteiger partial charge in [-0.15, -0.1) is 0 Å². The standard InChI is InChI=1S/C25H21F4N5O4/c1-4-18(35)33-8-7-12(11-33)34-22-14(23(36)24(28)29)10-31-25(30)19(22)15(32-34)6-5-13-20(26)16(37-2)9-17(38-3)21(13)27/h4,9-10,12,24H,1,7-8,11H2,2-3H3,(H2,30,31)/t12-/m0/s1. The van der Waals surface area contributed by atoms with E-state index in [0.29, 0.717) is 13.0 Å². The summed E-state index contributed by atoms with van der Waals surface area (Å²) in [6, 6.07) is 0.467. The molecule has 1 atom stereocenters. The first-order chi connectivity index (χ1) is 18.1. The van der Waals surface area contributed by atoms with Crippen molar-refractivity contribution in [2.24, 2.45) is 0 Å². The molecule has 0 aliphatic carbocycles. The fourth-order valence-electron chi connectivity index (χ4n) is 4.23. The molecule has 1 aliphatic rings. The number of carbonyl (C=O) groups excluding carboxylic acids is 2. The van der Waals surface area contributed by atoms with E-state index in [2.05, 4.69) is 28.5 Å². The molecule has 2 N–H and O–H groups in total. The molecule has 0 spiro atoms. The summed E-state index contributed by atoms with van der Waals surface area (Å²) in [5.74, 6) is -0.0345. The number of ketones is 1. The van der Waals surface area contributed by atoms with Crippen LogP contribution in [0.15, 0.2) is 24.9 Å². The molecular weight excluding hydrogens is 510 g/mol. The van der Waals surface area contributed by atoms with Crippen LogP contribution in [0.25, 0.3) is 10.9 Å². The van der Waals surface area contributed by atoms with E-state index in [9.17, 15) is 27.2 Å². The Bertz CT molecular complexity index is 1500. The van der Waals surface area contributed by atoms with Gasteiger partial charge in [-0.2, -0.15) is 5.10 Å². The van der Waals surface area contributed by atoms with Gasteiger partial charge in [0.15, 0.2) is 23.1 Å². The molecule has 4 rings (SSSR count). The summed E-state index contributed by atoms with van der Waals surface area (Å²) in [4.78, 5) is 29.8. The van der Waals surface area contributed by atoms with Gasteiger partial charge in [0.1, 0.15) is 17.1 Å². The number of rotatable bonds is 6. The van der Waals surface area contributed by atoms with E-state index < -0.39 is 41.0 Å². The Balaban J connectivity index is 1.95. The fourth-order valence-corrected chi connectivity index (χ4v) is 4.23. The quantitative estimate of drug-likeness (QED) is 0.225. The van der Waals surface area contributed by atoms with Crippen molar-refractivity contribution in [3.05, 3.63) is 53.4 Å². The topological polar surface area (TPSA) is 113 Å². The number of aromatic nitrogens is 3. The maximum absolute atomic E-state index is 14.8. The Morgan fingerprint density at radius 1 is 1.21 bits per heavy atom. The van der Waals surface area contributed by atoms with Crippen LogP contribution in [-0.4, -0.2) is 65.1 Å². The minimum absolute atomic E-state index is 0.0480. The lowest BCUT2D eigenvalue weighted by molar-refractivity contribution is -0.125.